The van der Waals surface area contributed by atoms with E-state index in [0.29, 0.717) is 6.42 Å². The number of cyclic esters (lactones) is 1. The number of hydrogen-bond acceptors (Lipinski definition) is 5. The predicted molar refractivity (Wildman–Crippen MR) is 66.3 cm³/mol. The zero-order chi connectivity index (χ0) is 14.0. The van der Waals surface area contributed by atoms with Crippen LogP contribution in [0.4, 0.5) is 4.79 Å². The van der Waals surface area contributed by atoms with E-state index in [4.69, 9.17) is 14.6 Å². The van der Waals surface area contributed by atoms with E-state index in [1.165, 1.54) is 19.2 Å². The number of sulfonamides is 1. The topological polar surface area (TPSA) is 108 Å². The number of rotatable bonds is 4. The monoisotopic (exact) mass is 286 g/mol. The molecular formula is C11H14N2O5S. The van der Waals surface area contributed by atoms with E-state index >= 15 is 0 Å². The van der Waals surface area contributed by atoms with Crippen molar-refractivity contribution in [3.05, 3.63) is 23.8 Å². The zero-order valence-electron chi connectivity index (χ0n) is 10.3. The zero-order valence-corrected chi connectivity index (χ0v) is 11.1. The van der Waals surface area contributed by atoms with E-state index in [1.807, 2.05) is 0 Å². The maximum Gasteiger partial charge on any atom is 0.407 e. The van der Waals surface area contributed by atoms with Crippen molar-refractivity contribution in [1.29, 1.82) is 0 Å². The summed E-state index contributed by atoms with van der Waals surface area (Å²) in [5.41, 5.74) is 0.723. The summed E-state index contributed by atoms with van der Waals surface area (Å²) in [6, 6.07) is 4.53. The third-order valence-electron chi connectivity index (χ3n) is 2.75. The van der Waals surface area contributed by atoms with Crippen LogP contribution >= 0.6 is 0 Å². The molecule has 19 heavy (non-hydrogen) atoms. The van der Waals surface area contributed by atoms with Crippen molar-refractivity contribution in [2.45, 2.75) is 17.4 Å². The molecule has 1 aliphatic heterocycles. The molecule has 3 N–H and O–H groups in total. The van der Waals surface area contributed by atoms with Crippen molar-refractivity contribution in [2.75, 3.05) is 13.7 Å². The van der Waals surface area contributed by atoms with Gasteiger partial charge in [-0.2, -0.15) is 0 Å². The molecule has 0 unspecified atom stereocenters. The summed E-state index contributed by atoms with van der Waals surface area (Å²) in [5, 5.41) is 7.75. The lowest BCUT2D eigenvalue weighted by Gasteiger charge is -2.11. The second-order valence-electron chi connectivity index (χ2n) is 4.17. The first-order valence-corrected chi connectivity index (χ1v) is 7.08. The Morgan fingerprint density at radius 3 is 2.79 bits per heavy atom. The summed E-state index contributed by atoms with van der Waals surface area (Å²) < 4.78 is 32.6. The van der Waals surface area contributed by atoms with Crippen molar-refractivity contribution in [2.24, 2.45) is 5.14 Å². The third-order valence-corrected chi connectivity index (χ3v) is 3.69. The fraction of sp³-hybridized carbons (Fsp3) is 0.364. The predicted octanol–water partition coefficient (Wildman–Crippen LogP) is -0.00650. The third kappa shape index (κ3) is 3.15. The van der Waals surface area contributed by atoms with Crippen molar-refractivity contribution < 1.29 is 22.7 Å². The minimum atomic E-state index is -3.86. The molecule has 104 valence electrons. The minimum absolute atomic E-state index is 0.0715. The Balaban J connectivity index is 2.25. The number of amides is 1. The van der Waals surface area contributed by atoms with E-state index in [1.54, 1.807) is 6.07 Å². The highest BCUT2D eigenvalue weighted by Crippen LogP contribution is 2.24. The molecule has 2 rings (SSSR count). The van der Waals surface area contributed by atoms with Crippen LogP contribution in [0.1, 0.15) is 5.56 Å². The highest BCUT2D eigenvalue weighted by atomic mass is 32.2. The van der Waals surface area contributed by atoms with Gasteiger partial charge in [-0.05, 0) is 24.1 Å². The molecule has 8 heteroatoms. The summed E-state index contributed by atoms with van der Waals surface area (Å²) in [6.45, 7) is 0.259. The number of primary sulfonamides is 1. The van der Waals surface area contributed by atoms with E-state index in [0.717, 1.165) is 5.56 Å². The van der Waals surface area contributed by atoms with Gasteiger partial charge in [-0.15, -0.1) is 0 Å². The number of carbonyl (C=O) groups excluding carboxylic acids is 1. The number of nitrogens with two attached hydrogens (primary N) is 1. The van der Waals surface area contributed by atoms with Gasteiger partial charge in [-0.25, -0.2) is 18.4 Å². The van der Waals surface area contributed by atoms with Gasteiger partial charge in [0.05, 0.1) is 13.2 Å². The average Bonchev–Trinajstić information content (AvgIpc) is 2.73. The van der Waals surface area contributed by atoms with E-state index in [-0.39, 0.29) is 23.3 Å². The van der Waals surface area contributed by atoms with Gasteiger partial charge in [0.25, 0.3) is 0 Å². The quantitative estimate of drug-likeness (QED) is 0.809. The van der Waals surface area contributed by atoms with Crippen LogP contribution in [0.15, 0.2) is 23.1 Å². The summed E-state index contributed by atoms with van der Waals surface area (Å²) in [4.78, 5) is 10.8. The normalized spacial score (nSPS) is 18.8. The fourth-order valence-electron chi connectivity index (χ4n) is 1.89. The van der Waals surface area contributed by atoms with Crippen molar-refractivity contribution in [3.8, 4) is 5.75 Å². The molecule has 1 aromatic carbocycles. The molecule has 7 nitrogen and oxygen atoms in total. The van der Waals surface area contributed by atoms with Gasteiger partial charge in [0.2, 0.25) is 10.0 Å². The van der Waals surface area contributed by atoms with Crippen LogP contribution in [0.25, 0.3) is 0 Å². The van der Waals surface area contributed by atoms with Gasteiger partial charge in [0, 0.05) is 0 Å². The number of carbonyl (C=O) groups is 1. The highest BCUT2D eigenvalue weighted by Gasteiger charge is 2.23. The minimum Gasteiger partial charge on any atom is -0.495 e. The standard InChI is InChI=1S/C11H14N2O5S/c1-17-9-3-2-7(5-10(9)19(12,15)16)4-8-6-18-11(14)13-8/h2-3,5,8H,4,6H2,1H3,(H,13,14)(H2,12,15,16)/t8-/m0/s1. The van der Waals surface area contributed by atoms with Crippen LogP contribution in [0.3, 0.4) is 0 Å². The maximum absolute atomic E-state index is 11.5. The molecule has 1 aromatic rings. The van der Waals surface area contributed by atoms with Crippen molar-refractivity contribution >= 4 is 16.1 Å². The Morgan fingerprint density at radius 2 is 2.26 bits per heavy atom. The van der Waals surface area contributed by atoms with Crippen LogP contribution < -0.4 is 15.2 Å². The first-order valence-electron chi connectivity index (χ1n) is 5.53. The maximum atomic E-state index is 11.5. The van der Waals surface area contributed by atoms with Crippen LogP contribution in [0.2, 0.25) is 0 Å². The Kier molecular flexibility index (Phi) is 3.63. The summed E-state index contributed by atoms with van der Waals surface area (Å²) >= 11 is 0. The molecule has 1 atom stereocenters. The summed E-state index contributed by atoms with van der Waals surface area (Å²) in [5.74, 6) is 0.193. The summed E-state index contributed by atoms with van der Waals surface area (Å²) in [6.07, 6.45) is -0.0108. The Morgan fingerprint density at radius 1 is 1.53 bits per heavy atom. The molecule has 0 spiro atoms. The van der Waals surface area contributed by atoms with Gasteiger partial charge in [-0.3, -0.25) is 0 Å². The first kappa shape index (κ1) is 13.6. The van der Waals surface area contributed by atoms with Crippen LogP contribution in [0, 0.1) is 0 Å². The first-order chi connectivity index (χ1) is 8.90. The molecule has 1 saturated heterocycles. The van der Waals surface area contributed by atoms with Crippen molar-refractivity contribution in [3.63, 3.8) is 0 Å². The number of benzene rings is 1. The smallest absolute Gasteiger partial charge is 0.407 e. The van der Waals surface area contributed by atoms with Crippen molar-refractivity contribution in [1.82, 2.24) is 5.32 Å². The molecule has 0 aromatic heterocycles. The molecular weight excluding hydrogens is 272 g/mol. The number of methoxy groups -OCH3 is 1. The summed E-state index contributed by atoms with van der Waals surface area (Å²) in [7, 11) is -2.49. The molecule has 1 aliphatic rings. The van der Waals surface area contributed by atoms with Gasteiger partial charge < -0.3 is 14.8 Å². The van der Waals surface area contributed by atoms with E-state index in [2.05, 4.69) is 5.32 Å². The second-order valence-corrected chi connectivity index (χ2v) is 5.70. The SMILES string of the molecule is COc1ccc(C[C@H]2COC(=O)N2)cc1S(N)(=O)=O. The van der Waals surface area contributed by atoms with Gasteiger partial charge in [0.15, 0.2) is 0 Å². The molecule has 0 radical (unpaired) electrons. The molecule has 1 fully saturated rings. The number of nitrogens with one attached hydrogen (secondary N) is 1. The highest BCUT2D eigenvalue weighted by molar-refractivity contribution is 7.89. The molecule has 0 bridgehead atoms. The molecule has 1 heterocycles. The van der Waals surface area contributed by atoms with Crippen LogP contribution in [-0.4, -0.2) is 34.3 Å². The lowest BCUT2D eigenvalue weighted by Crippen LogP contribution is -2.28. The molecule has 0 saturated carbocycles. The number of ether oxygens (including phenoxy) is 2. The Labute approximate surface area is 110 Å². The van der Waals surface area contributed by atoms with E-state index < -0.39 is 16.1 Å². The largest absolute Gasteiger partial charge is 0.495 e. The number of hydrogen-bond donors (Lipinski definition) is 2. The van der Waals surface area contributed by atoms with Crippen LogP contribution in [0.5, 0.6) is 5.75 Å². The Hall–Kier alpha value is -1.80. The van der Waals surface area contributed by atoms with Gasteiger partial charge >= 0.3 is 6.09 Å². The Bertz CT molecular complexity index is 599. The molecule has 0 aliphatic carbocycles. The number of alkyl carbamates (subject to hydrolysis) is 1. The molecule has 1 amide bonds. The van der Waals surface area contributed by atoms with Gasteiger partial charge in [0.1, 0.15) is 17.3 Å². The second kappa shape index (κ2) is 5.06. The van der Waals surface area contributed by atoms with Crippen LogP contribution in [-0.2, 0) is 21.2 Å². The fourth-order valence-corrected chi connectivity index (χ4v) is 2.64. The lowest BCUT2D eigenvalue weighted by atomic mass is 10.1. The average molecular weight is 286 g/mol. The van der Waals surface area contributed by atoms with Gasteiger partial charge in [-0.1, -0.05) is 6.07 Å². The van der Waals surface area contributed by atoms with E-state index in [9.17, 15) is 13.2 Å². The lowest BCUT2D eigenvalue weighted by molar-refractivity contribution is 0.177.